The maximum Gasteiger partial charge on any atom is 0.223 e. The average Bonchev–Trinajstić information content (AvgIpc) is 3.04. The fourth-order valence-corrected chi connectivity index (χ4v) is 3.83. The van der Waals surface area contributed by atoms with Crippen molar-refractivity contribution < 1.29 is 4.79 Å². The normalized spacial score (nSPS) is 18.9. The quantitative estimate of drug-likeness (QED) is 0.739. The van der Waals surface area contributed by atoms with Crippen molar-refractivity contribution in [2.45, 2.75) is 19.9 Å². The van der Waals surface area contributed by atoms with Gasteiger partial charge in [0, 0.05) is 24.2 Å². The first kappa shape index (κ1) is 16.0. The van der Waals surface area contributed by atoms with Gasteiger partial charge in [0.2, 0.25) is 5.91 Å². The smallest absolute Gasteiger partial charge is 0.223 e. The zero-order chi connectivity index (χ0) is 17.2. The molecule has 1 fully saturated rings. The molecular weight excluding hydrogens is 332 g/mol. The summed E-state index contributed by atoms with van der Waals surface area (Å²) >= 11 is 1.68. The molecule has 5 nitrogen and oxygen atoms in total. The van der Waals surface area contributed by atoms with Crippen molar-refractivity contribution in [3.63, 3.8) is 0 Å². The van der Waals surface area contributed by atoms with Gasteiger partial charge in [0.05, 0.1) is 29.0 Å². The van der Waals surface area contributed by atoms with Crippen molar-refractivity contribution in [3.8, 4) is 21.8 Å². The van der Waals surface area contributed by atoms with Crippen LogP contribution >= 0.6 is 11.3 Å². The van der Waals surface area contributed by atoms with Gasteiger partial charge in [-0.25, -0.2) is 0 Å². The Kier molecular flexibility index (Phi) is 4.36. The summed E-state index contributed by atoms with van der Waals surface area (Å²) < 4.78 is 1.96. The second-order valence-electron chi connectivity index (χ2n) is 6.43. The number of pyridine rings is 1. The molecule has 0 aromatic carbocycles. The number of thiophene rings is 1. The summed E-state index contributed by atoms with van der Waals surface area (Å²) in [5.74, 6) is 0.905. The molecule has 0 spiro atoms. The van der Waals surface area contributed by atoms with Crippen molar-refractivity contribution in [2.75, 3.05) is 6.54 Å². The molecule has 1 saturated carbocycles. The second kappa shape index (κ2) is 6.80. The summed E-state index contributed by atoms with van der Waals surface area (Å²) in [6.07, 6.45) is 4.67. The molecule has 6 heteroatoms. The summed E-state index contributed by atoms with van der Waals surface area (Å²) in [7, 11) is 0. The van der Waals surface area contributed by atoms with Crippen LogP contribution in [0.25, 0.3) is 21.8 Å². The number of hydrogen-bond donors (Lipinski definition) is 1. The summed E-state index contributed by atoms with van der Waals surface area (Å²) in [4.78, 5) is 17.6. The van der Waals surface area contributed by atoms with Gasteiger partial charge >= 0.3 is 0 Å². The maximum absolute atomic E-state index is 12.0. The minimum absolute atomic E-state index is 0.169. The molecule has 2 atom stereocenters. The van der Waals surface area contributed by atoms with Gasteiger partial charge in [-0.05, 0) is 35.9 Å². The molecular formula is C19H20N4OS. The van der Waals surface area contributed by atoms with Gasteiger partial charge in [0.25, 0.3) is 0 Å². The standard InChI is InChI=1S/C19H20N4OS/c1-13-11-14(13)19(24)21-8-9-23-18(17-6-4-10-25-17)15(12-22-23)16-5-2-3-7-20-16/h2-7,10,12-14H,8-9,11H2,1H3,(H,21,24). The summed E-state index contributed by atoms with van der Waals surface area (Å²) in [6.45, 7) is 3.35. The Bertz CT molecular complexity index is 857. The van der Waals surface area contributed by atoms with Gasteiger partial charge in [-0.2, -0.15) is 5.10 Å². The molecule has 1 aliphatic rings. The Hall–Kier alpha value is -2.47. The number of aromatic nitrogens is 3. The number of carbonyl (C=O) groups is 1. The van der Waals surface area contributed by atoms with Crippen molar-refractivity contribution in [1.29, 1.82) is 0 Å². The zero-order valence-electron chi connectivity index (χ0n) is 14.1. The fraction of sp³-hybridized carbons (Fsp3) is 0.316. The molecule has 4 rings (SSSR count). The highest BCUT2D eigenvalue weighted by atomic mass is 32.1. The molecule has 2 unspecified atom stereocenters. The van der Waals surface area contributed by atoms with E-state index in [1.54, 1.807) is 17.5 Å². The molecule has 1 N–H and O–H groups in total. The summed E-state index contributed by atoms with van der Waals surface area (Å²) in [5, 5.41) is 9.65. The Morgan fingerprint density at radius 3 is 2.92 bits per heavy atom. The third-order valence-corrected chi connectivity index (χ3v) is 5.48. The van der Waals surface area contributed by atoms with E-state index in [9.17, 15) is 4.79 Å². The predicted molar refractivity (Wildman–Crippen MR) is 99.1 cm³/mol. The zero-order valence-corrected chi connectivity index (χ0v) is 14.9. The topological polar surface area (TPSA) is 59.8 Å². The van der Waals surface area contributed by atoms with Crippen LogP contribution in [0.4, 0.5) is 0 Å². The number of nitrogens with one attached hydrogen (secondary N) is 1. The minimum Gasteiger partial charge on any atom is -0.354 e. The number of hydrogen-bond acceptors (Lipinski definition) is 4. The second-order valence-corrected chi connectivity index (χ2v) is 7.38. The lowest BCUT2D eigenvalue weighted by Crippen LogP contribution is -2.29. The Morgan fingerprint density at radius 1 is 1.36 bits per heavy atom. The Labute approximate surface area is 150 Å². The van der Waals surface area contributed by atoms with Crippen LogP contribution in [0.5, 0.6) is 0 Å². The first-order valence-corrected chi connectivity index (χ1v) is 9.41. The largest absolute Gasteiger partial charge is 0.354 e. The van der Waals surface area contributed by atoms with E-state index in [0.29, 0.717) is 19.0 Å². The van der Waals surface area contributed by atoms with Gasteiger partial charge < -0.3 is 5.32 Å². The van der Waals surface area contributed by atoms with Gasteiger partial charge in [-0.1, -0.05) is 19.1 Å². The highest BCUT2D eigenvalue weighted by Crippen LogP contribution is 2.37. The molecule has 3 heterocycles. The molecule has 0 aliphatic heterocycles. The van der Waals surface area contributed by atoms with Crippen LogP contribution in [0.15, 0.2) is 48.1 Å². The van der Waals surface area contributed by atoms with E-state index in [2.05, 4.69) is 33.8 Å². The van der Waals surface area contributed by atoms with Crippen molar-refractivity contribution in [3.05, 3.63) is 48.1 Å². The van der Waals surface area contributed by atoms with Gasteiger partial charge in [-0.15, -0.1) is 11.3 Å². The fourth-order valence-electron chi connectivity index (χ4n) is 3.04. The van der Waals surface area contributed by atoms with E-state index in [1.807, 2.05) is 35.1 Å². The van der Waals surface area contributed by atoms with Crippen LogP contribution in [0.2, 0.25) is 0 Å². The molecule has 128 valence electrons. The van der Waals surface area contributed by atoms with E-state index in [-0.39, 0.29) is 11.8 Å². The van der Waals surface area contributed by atoms with Crippen molar-refractivity contribution in [2.24, 2.45) is 11.8 Å². The van der Waals surface area contributed by atoms with Crippen LogP contribution < -0.4 is 5.32 Å². The van der Waals surface area contributed by atoms with E-state index in [1.165, 1.54) is 0 Å². The first-order valence-electron chi connectivity index (χ1n) is 8.53. The van der Waals surface area contributed by atoms with Crippen LogP contribution in [-0.2, 0) is 11.3 Å². The van der Waals surface area contributed by atoms with Crippen LogP contribution in [-0.4, -0.2) is 27.2 Å². The SMILES string of the molecule is CC1CC1C(=O)NCCn1ncc(-c2ccccn2)c1-c1cccs1. The highest BCUT2D eigenvalue weighted by molar-refractivity contribution is 7.13. The van der Waals surface area contributed by atoms with Gasteiger partial charge in [0.15, 0.2) is 0 Å². The van der Waals surface area contributed by atoms with Crippen LogP contribution in [0.3, 0.4) is 0 Å². The van der Waals surface area contributed by atoms with Crippen molar-refractivity contribution >= 4 is 17.2 Å². The molecule has 1 aliphatic carbocycles. The van der Waals surface area contributed by atoms with Gasteiger partial charge in [-0.3, -0.25) is 14.5 Å². The van der Waals surface area contributed by atoms with E-state index < -0.39 is 0 Å². The molecule has 3 aromatic heterocycles. The van der Waals surface area contributed by atoms with Crippen molar-refractivity contribution in [1.82, 2.24) is 20.1 Å². The third kappa shape index (κ3) is 3.35. The van der Waals surface area contributed by atoms with E-state index >= 15 is 0 Å². The summed E-state index contributed by atoms with van der Waals surface area (Å²) in [6, 6.07) is 10.0. The van der Waals surface area contributed by atoms with Gasteiger partial charge in [0.1, 0.15) is 0 Å². The molecule has 25 heavy (non-hydrogen) atoms. The highest BCUT2D eigenvalue weighted by Gasteiger charge is 2.38. The lowest BCUT2D eigenvalue weighted by molar-refractivity contribution is -0.122. The molecule has 1 amide bonds. The number of nitrogens with zero attached hydrogens (tertiary/aromatic N) is 3. The molecule has 0 bridgehead atoms. The third-order valence-electron chi connectivity index (χ3n) is 4.60. The average molecular weight is 352 g/mol. The maximum atomic E-state index is 12.0. The van der Waals surface area contributed by atoms with E-state index in [0.717, 1.165) is 28.2 Å². The number of rotatable bonds is 6. The molecule has 3 aromatic rings. The number of amides is 1. The molecule has 0 radical (unpaired) electrons. The lowest BCUT2D eigenvalue weighted by atomic mass is 10.1. The summed E-state index contributed by atoms with van der Waals surface area (Å²) in [5.41, 5.74) is 2.99. The predicted octanol–water partition coefficient (Wildman–Crippen LogP) is 3.45. The monoisotopic (exact) mass is 352 g/mol. The Morgan fingerprint density at radius 2 is 2.24 bits per heavy atom. The minimum atomic E-state index is 0.169. The van der Waals surface area contributed by atoms with Crippen LogP contribution in [0, 0.1) is 11.8 Å². The Balaban J connectivity index is 1.55. The van der Waals surface area contributed by atoms with Crippen LogP contribution in [0.1, 0.15) is 13.3 Å². The van der Waals surface area contributed by atoms with E-state index in [4.69, 9.17) is 0 Å². The molecule has 0 saturated heterocycles. The first-order chi connectivity index (χ1) is 12.2. The lowest BCUT2D eigenvalue weighted by Gasteiger charge is -2.09. The number of carbonyl (C=O) groups excluding carboxylic acids is 1.